The fourth-order valence-electron chi connectivity index (χ4n) is 2.59. The van der Waals surface area contributed by atoms with Crippen LogP contribution in [0.4, 0.5) is 0 Å². The zero-order valence-electron chi connectivity index (χ0n) is 10.8. The van der Waals surface area contributed by atoms with Gasteiger partial charge in [-0.05, 0) is 18.1 Å². The molecule has 0 amide bonds. The van der Waals surface area contributed by atoms with Crippen molar-refractivity contribution < 1.29 is 5.11 Å². The van der Waals surface area contributed by atoms with Crippen molar-refractivity contribution in [3.8, 4) is 0 Å². The van der Waals surface area contributed by atoms with E-state index in [9.17, 15) is 5.11 Å². The normalized spacial score (nSPS) is 24.4. The third-order valence-corrected chi connectivity index (χ3v) is 4.61. The number of hydrogen-bond acceptors (Lipinski definition) is 3. The number of rotatable bonds is 5. The first-order chi connectivity index (χ1) is 9.58. The van der Waals surface area contributed by atoms with Gasteiger partial charge in [0.1, 0.15) is 12.7 Å². The number of hydrogen-bond donors (Lipinski definition) is 1. The highest BCUT2D eigenvalue weighted by molar-refractivity contribution is 6.31. The van der Waals surface area contributed by atoms with Gasteiger partial charge in [-0.1, -0.05) is 29.8 Å². The van der Waals surface area contributed by atoms with E-state index in [0.717, 1.165) is 12.0 Å². The van der Waals surface area contributed by atoms with Crippen molar-refractivity contribution in [3.05, 3.63) is 47.5 Å². The van der Waals surface area contributed by atoms with Crippen LogP contribution in [-0.4, -0.2) is 30.8 Å². The Morgan fingerprint density at radius 2 is 2.15 bits per heavy atom. The van der Waals surface area contributed by atoms with E-state index in [1.165, 1.54) is 6.33 Å². The minimum Gasteiger partial charge on any atom is -0.387 e. The largest absolute Gasteiger partial charge is 0.387 e. The van der Waals surface area contributed by atoms with Crippen molar-refractivity contribution in [2.24, 2.45) is 5.92 Å². The predicted octanol–water partition coefficient (Wildman–Crippen LogP) is 2.53. The number of benzene rings is 1. The van der Waals surface area contributed by atoms with Gasteiger partial charge in [-0.2, -0.15) is 5.10 Å². The second kappa shape index (κ2) is 5.35. The zero-order valence-corrected chi connectivity index (χ0v) is 12.3. The highest BCUT2D eigenvalue weighted by Crippen LogP contribution is 2.46. The molecule has 106 valence electrons. The van der Waals surface area contributed by atoms with E-state index in [4.69, 9.17) is 23.2 Å². The van der Waals surface area contributed by atoms with Gasteiger partial charge in [0.15, 0.2) is 0 Å². The van der Waals surface area contributed by atoms with Crippen molar-refractivity contribution in [1.82, 2.24) is 14.8 Å². The molecule has 1 saturated carbocycles. The van der Waals surface area contributed by atoms with Crippen molar-refractivity contribution in [1.29, 1.82) is 0 Å². The summed E-state index contributed by atoms with van der Waals surface area (Å²) >= 11 is 12.3. The molecule has 0 bridgehead atoms. The summed E-state index contributed by atoms with van der Waals surface area (Å²) in [5.74, 6) is 0.0599. The zero-order chi connectivity index (χ0) is 14.2. The number of alkyl halides is 1. The first kappa shape index (κ1) is 13.9. The van der Waals surface area contributed by atoms with Crippen LogP contribution in [0, 0.1) is 5.92 Å². The lowest BCUT2D eigenvalue weighted by Crippen LogP contribution is -2.40. The topological polar surface area (TPSA) is 50.9 Å². The summed E-state index contributed by atoms with van der Waals surface area (Å²) in [5, 5.41) is 15.8. The SMILES string of the molecule is OC(Cc1ccccc1Cl)(Cn1cncn1)C1CC1Cl. The van der Waals surface area contributed by atoms with Crippen LogP contribution in [0.1, 0.15) is 12.0 Å². The maximum atomic E-state index is 11.0. The number of halogens is 2. The van der Waals surface area contributed by atoms with E-state index >= 15 is 0 Å². The molecule has 1 N–H and O–H groups in total. The van der Waals surface area contributed by atoms with E-state index in [-0.39, 0.29) is 11.3 Å². The monoisotopic (exact) mass is 311 g/mol. The molecule has 1 fully saturated rings. The Morgan fingerprint density at radius 1 is 1.40 bits per heavy atom. The lowest BCUT2D eigenvalue weighted by molar-refractivity contribution is -0.00187. The average Bonchev–Trinajstić information content (AvgIpc) is 2.95. The maximum absolute atomic E-state index is 11.0. The van der Waals surface area contributed by atoms with Crippen LogP contribution in [0.25, 0.3) is 0 Å². The van der Waals surface area contributed by atoms with E-state index in [1.54, 1.807) is 11.0 Å². The first-order valence-electron chi connectivity index (χ1n) is 6.51. The summed E-state index contributed by atoms with van der Waals surface area (Å²) in [7, 11) is 0. The van der Waals surface area contributed by atoms with Gasteiger partial charge in [-0.3, -0.25) is 4.68 Å². The minimum absolute atomic E-state index is 0.0195. The number of aromatic nitrogens is 3. The molecule has 0 saturated heterocycles. The van der Waals surface area contributed by atoms with Gasteiger partial charge in [0.2, 0.25) is 0 Å². The van der Waals surface area contributed by atoms with Gasteiger partial charge in [0.05, 0.1) is 12.1 Å². The molecular formula is C14H15Cl2N3O. The molecular weight excluding hydrogens is 297 g/mol. The van der Waals surface area contributed by atoms with Crippen LogP contribution in [0.15, 0.2) is 36.9 Å². The summed E-state index contributed by atoms with van der Waals surface area (Å²) in [6.45, 7) is 0.367. The number of nitrogens with zero attached hydrogens (tertiary/aromatic N) is 3. The Bertz CT molecular complexity index is 590. The van der Waals surface area contributed by atoms with Crippen LogP contribution in [0.5, 0.6) is 0 Å². The van der Waals surface area contributed by atoms with Crippen LogP contribution < -0.4 is 0 Å². The smallest absolute Gasteiger partial charge is 0.137 e. The van der Waals surface area contributed by atoms with Gasteiger partial charge < -0.3 is 5.11 Å². The molecule has 1 aliphatic rings. The molecule has 0 aliphatic heterocycles. The third-order valence-electron chi connectivity index (χ3n) is 3.76. The fraction of sp³-hybridized carbons (Fsp3) is 0.429. The van der Waals surface area contributed by atoms with Crippen molar-refractivity contribution in [3.63, 3.8) is 0 Å². The standard InChI is InChI=1S/C14H15Cl2N3O/c15-12-4-2-1-3-10(12)6-14(20,11-5-13(11)16)7-19-9-17-8-18-19/h1-4,8-9,11,13,20H,5-7H2. The quantitative estimate of drug-likeness (QED) is 0.863. The molecule has 20 heavy (non-hydrogen) atoms. The Kier molecular flexibility index (Phi) is 3.71. The Balaban J connectivity index is 1.84. The van der Waals surface area contributed by atoms with Gasteiger partial charge in [0, 0.05) is 22.7 Å². The molecule has 1 heterocycles. The second-order valence-electron chi connectivity index (χ2n) is 5.32. The van der Waals surface area contributed by atoms with Crippen molar-refractivity contribution >= 4 is 23.2 Å². The van der Waals surface area contributed by atoms with Crippen LogP contribution in [0.3, 0.4) is 0 Å². The Labute approximate surface area is 127 Å². The van der Waals surface area contributed by atoms with Gasteiger partial charge in [0.25, 0.3) is 0 Å². The van der Waals surface area contributed by atoms with Crippen molar-refractivity contribution in [2.75, 3.05) is 0 Å². The van der Waals surface area contributed by atoms with Gasteiger partial charge in [-0.15, -0.1) is 11.6 Å². The first-order valence-corrected chi connectivity index (χ1v) is 7.32. The molecule has 4 nitrogen and oxygen atoms in total. The highest BCUT2D eigenvalue weighted by Gasteiger charge is 2.51. The predicted molar refractivity (Wildman–Crippen MR) is 77.9 cm³/mol. The molecule has 0 radical (unpaired) electrons. The molecule has 6 heteroatoms. The fourth-order valence-corrected chi connectivity index (χ4v) is 3.22. The van der Waals surface area contributed by atoms with Gasteiger partial charge >= 0.3 is 0 Å². The number of aliphatic hydroxyl groups is 1. The molecule has 1 aromatic carbocycles. The second-order valence-corrected chi connectivity index (χ2v) is 6.29. The summed E-state index contributed by atoms with van der Waals surface area (Å²) in [6.07, 6.45) is 4.34. The van der Waals surface area contributed by atoms with E-state index in [2.05, 4.69) is 10.1 Å². The van der Waals surface area contributed by atoms with Gasteiger partial charge in [-0.25, -0.2) is 4.98 Å². The summed E-state index contributed by atoms with van der Waals surface area (Å²) in [4.78, 5) is 3.91. The molecule has 1 aliphatic carbocycles. The summed E-state index contributed by atoms with van der Waals surface area (Å²) < 4.78 is 1.64. The van der Waals surface area contributed by atoms with Crippen LogP contribution >= 0.6 is 23.2 Å². The van der Waals surface area contributed by atoms with Crippen LogP contribution in [0.2, 0.25) is 5.02 Å². The molecule has 3 rings (SSSR count). The maximum Gasteiger partial charge on any atom is 0.137 e. The summed E-state index contributed by atoms with van der Waals surface area (Å²) in [6, 6.07) is 7.56. The Hall–Kier alpha value is -1.10. The van der Waals surface area contributed by atoms with Crippen molar-refractivity contribution in [2.45, 2.75) is 30.4 Å². The molecule has 3 atom stereocenters. The lowest BCUT2D eigenvalue weighted by Gasteiger charge is -2.28. The molecule has 2 aromatic rings. The van der Waals surface area contributed by atoms with E-state index in [1.807, 2.05) is 24.3 Å². The molecule has 1 aromatic heterocycles. The minimum atomic E-state index is -0.953. The van der Waals surface area contributed by atoms with E-state index in [0.29, 0.717) is 18.0 Å². The molecule has 3 unspecified atom stereocenters. The Morgan fingerprint density at radius 3 is 2.75 bits per heavy atom. The lowest BCUT2D eigenvalue weighted by atomic mass is 9.89. The highest BCUT2D eigenvalue weighted by atomic mass is 35.5. The van der Waals surface area contributed by atoms with E-state index < -0.39 is 5.60 Å². The van der Waals surface area contributed by atoms with Crippen LogP contribution in [-0.2, 0) is 13.0 Å². The summed E-state index contributed by atoms with van der Waals surface area (Å²) in [5.41, 5.74) is -0.0296. The average molecular weight is 312 g/mol. The molecule has 0 spiro atoms. The third kappa shape index (κ3) is 2.82.